The SMILES string of the molecule is COc1ccc(C(=O)N2Cc3nc(C)cc(C)c3C2=S)cc1. The molecule has 0 fully saturated rings. The maximum atomic E-state index is 12.7. The van der Waals surface area contributed by atoms with Crippen LogP contribution in [-0.4, -0.2) is 27.9 Å². The number of nitrogens with zero attached hydrogens (tertiary/aromatic N) is 2. The lowest BCUT2D eigenvalue weighted by molar-refractivity contribution is 0.0847. The minimum atomic E-state index is -0.109. The topological polar surface area (TPSA) is 42.4 Å². The van der Waals surface area contributed by atoms with Gasteiger partial charge in [0.15, 0.2) is 0 Å². The van der Waals surface area contributed by atoms with Crippen LogP contribution in [0.2, 0.25) is 0 Å². The van der Waals surface area contributed by atoms with Gasteiger partial charge in [0.2, 0.25) is 0 Å². The van der Waals surface area contributed by atoms with Crippen LogP contribution < -0.4 is 4.74 Å². The van der Waals surface area contributed by atoms with Crippen LogP contribution in [-0.2, 0) is 6.54 Å². The average Bonchev–Trinajstić information content (AvgIpc) is 2.83. The molecule has 0 bridgehead atoms. The molecule has 2 aromatic rings. The van der Waals surface area contributed by atoms with Crippen LogP contribution in [0.4, 0.5) is 0 Å². The van der Waals surface area contributed by atoms with Crippen molar-refractivity contribution in [1.82, 2.24) is 9.88 Å². The molecule has 1 aliphatic heterocycles. The zero-order valence-corrected chi connectivity index (χ0v) is 13.5. The predicted octanol–water partition coefficient (Wildman–Crippen LogP) is 3.04. The molecule has 0 saturated heterocycles. The van der Waals surface area contributed by atoms with Gasteiger partial charge in [-0.25, -0.2) is 0 Å². The number of benzene rings is 1. The lowest BCUT2D eigenvalue weighted by Crippen LogP contribution is -2.30. The fourth-order valence-corrected chi connectivity index (χ4v) is 3.16. The summed E-state index contributed by atoms with van der Waals surface area (Å²) in [6, 6.07) is 9.03. The molecule has 4 nitrogen and oxygen atoms in total. The first-order valence-electron chi connectivity index (χ1n) is 6.98. The van der Waals surface area contributed by atoms with E-state index in [9.17, 15) is 4.79 Å². The summed E-state index contributed by atoms with van der Waals surface area (Å²) in [5.41, 5.74) is 4.40. The van der Waals surface area contributed by atoms with Crippen molar-refractivity contribution < 1.29 is 9.53 Å². The quantitative estimate of drug-likeness (QED) is 0.799. The van der Waals surface area contributed by atoms with Crippen LogP contribution >= 0.6 is 12.2 Å². The number of amides is 1. The molecule has 1 amide bonds. The van der Waals surface area contributed by atoms with Gasteiger partial charge in [-0.1, -0.05) is 12.2 Å². The highest BCUT2D eigenvalue weighted by atomic mass is 32.1. The van der Waals surface area contributed by atoms with Crippen LogP contribution in [0.5, 0.6) is 5.75 Å². The van der Waals surface area contributed by atoms with E-state index in [0.29, 0.717) is 17.1 Å². The highest BCUT2D eigenvalue weighted by Gasteiger charge is 2.32. The minimum absolute atomic E-state index is 0.109. The molecule has 0 unspecified atom stereocenters. The summed E-state index contributed by atoms with van der Waals surface area (Å²) >= 11 is 5.49. The molecule has 3 rings (SSSR count). The Hall–Kier alpha value is -2.27. The summed E-state index contributed by atoms with van der Waals surface area (Å²) in [6.45, 7) is 4.38. The highest BCUT2D eigenvalue weighted by molar-refractivity contribution is 7.80. The number of ether oxygens (including phenoxy) is 1. The number of carbonyl (C=O) groups excluding carboxylic acids is 1. The lowest BCUT2D eigenvalue weighted by Gasteiger charge is -2.16. The predicted molar refractivity (Wildman–Crippen MR) is 88.3 cm³/mol. The third-order valence-corrected chi connectivity index (χ3v) is 4.19. The van der Waals surface area contributed by atoms with E-state index in [-0.39, 0.29) is 5.91 Å². The van der Waals surface area contributed by atoms with Gasteiger partial charge in [-0.2, -0.15) is 0 Å². The van der Waals surface area contributed by atoms with Gasteiger partial charge in [-0.3, -0.25) is 14.7 Å². The molecule has 1 aromatic carbocycles. The van der Waals surface area contributed by atoms with E-state index in [1.165, 1.54) is 0 Å². The molecule has 2 heterocycles. The number of rotatable bonds is 2. The van der Waals surface area contributed by atoms with Gasteiger partial charge >= 0.3 is 0 Å². The second-order valence-electron chi connectivity index (χ2n) is 5.33. The molecule has 1 aliphatic rings. The van der Waals surface area contributed by atoms with Crippen LogP contribution in [0.15, 0.2) is 30.3 Å². The van der Waals surface area contributed by atoms with E-state index in [0.717, 1.165) is 28.3 Å². The molecule has 0 atom stereocenters. The molecular weight excluding hydrogens is 296 g/mol. The maximum absolute atomic E-state index is 12.7. The Balaban J connectivity index is 1.92. The van der Waals surface area contributed by atoms with Crippen molar-refractivity contribution in [3.05, 3.63) is 58.4 Å². The summed E-state index contributed by atoms with van der Waals surface area (Å²) in [5.74, 6) is 0.611. The van der Waals surface area contributed by atoms with Crippen LogP contribution in [0.1, 0.15) is 32.9 Å². The third kappa shape index (κ3) is 2.37. The fourth-order valence-electron chi connectivity index (χ4n) is 2.73. The van der Waals surface area contributed by atoms with E-state index in [4.69, 9.17) is 17.0 Å². The van der Waals surface area contributed by atoms with Gasteiger partial charge in [0.1, 0.15) is 10.7 Å². The Bertz CT molecular complexity index is 769. The largest absolute Gasteiger partial charge is 0.497 e. The molecule has 22 heavy (non-hydrogen) atoms. The molecule has 0 N–H and O–H groups in total. The normalized spacial score (nSPS) is 13.2. The average molecular weight is 312 g/mol. The van der Waals surface area contributed by atoms with E-state index < -0.39 is 0 Å². The zero-order chi connectivity index (χ0) is 15.9. The molecule has 0 radical (unpaired) electrons. The second kappa shape index (κ2) is 5.50. The van der Waals surface area contributed by atoms with Crippen molar-refractivity contribution in [3.63, 3.8) is 0 Å². The Labute approximate surface area is 134 Å². The molecule has 0 aliphatic carbocycles. The Kier molecular flexibility index (Phi) is 3.66. The summed E-state index contributed by atoms with van der Waals surface area (Å²) in [5, 5.41) is 0. The number of pyridine rings is 1. The van der Waals surface area contributed by atoms with E-state index in [1.807, 2.05) is 19.9 Å². The van der Waals surface area contributed by atoms with Gasteiger partial charge in [0.05, 0.1) is 19.3 Å². The van der Waals surface area contributed by atoms with Gasteiger partial charge < -0.3 is 4.74 Å². The van der Waals surface area contributed by atoms with Crippen LogP contribution in [0.3, 0.4) is 0 Å². The molecule has 0 spiro atoms. The van der Waals surface area contributed by atoms with Crippen LogP contribution in [0, 0.1) is 13.8 Å². The fraction of sp³-hybridized carbons (Fsp3) is 0.235. The number of carbonyl (C=O) groups is 1. The zero-order valence-electron chi connectivity index (χ0n) is 12.7. The summed E-state index contributed by atoms with van der Waals surface area (Å²) in [4.78, 5) is 19.4. The van der Waals surface area contributed by atoms with E-state index in [2.05, 4.69) is 4.98 Å². The number of fused-ring (bicyclic) bond motifs is 1. The summed E-state index contributed by atoms with van der Waals surface area (Å²) in [6.07, 6.45) is 0. The van der Waals surface area contributed by atoms with Crippen molar-refractivity contribution in [2.45, 2.75) is 20.4 Å². The highest BCUT2D eigenvalue weighted by Crippen LogP contribution is 2.27. The van der Waals surface area contributed by atoms with Gasteiger partial charge in [0.25, 0.3) is 5.91 Å². The summed E-state index contributed by atoms with van der Waals surface area (Å²) in [7, 11) is 1.60. The van der Waals surface area contributed by atoms with E-state index in [1.54, 1.807) is 36.3 Å². The molecule has 0 saturated carbocycles. The molecule has 5 heteroatoms. The van der Waals surface area contributed by atoms with Crippen molar-refractivity contribution in [1.29, 1.82) is 0 Å². The Morgan fingerprint density at radius 3 is 2.59 bits per heavy atom. The number of hydrogen-bond acceptors (Lipinski definition) is 4. The lowest BCUT2D eigenvalue weighted by atomic mass is 10.1. The van der Waals surface area contributed by atoms with Gasteiger partial charge in [-0.05, 0) is 49.7 Å². The minimum Gasteiger partial charge on any atom is -0.497 e. The maximum Gasteiger partial charge on any atom is 0.259 e. The molecular formula is C17H16N2O2S. The first-order chi connectivity index (χ1) is 10.5. The number of aryl methyl sites for hydroxylation is 2. The van der Waals surface area contributed by atoms with Crippen molar-refractivity contribution in [3.8, 4) is 5.75 Å². The number of hydrogen-bond donors (Lipinski definition) is 0. The monoisotopic (exact) mass is 312 g/mol. The van der Waals surface area contributed by atoms with Gasteiger partial charge in [0, 0.05) is 16.8 Å². The first kappa shape index (κ1) is 14.7. The number of methoxy groups -OCH3 is 1. The number of aromatic nitrogens is 1. The van der Waals surface area contributed by atoms with Gasteiger partial charge in [-0.15, -0.1) is 0 Å². The molecule has 1 aromatic heterocycles. The standard InChI is InChI=1S/C17H16N2O2S/c1-10-8-11(2)18-14-9-19(17(22)15(10)14)16(20)12-4-6-13(21-3)7-5-12/h4-8H,9H2,1-3H3. The molecule has 112 valence electrons. The Morgan fingerprint density at radius 1 is 1.27 bits per heavy atom. The van der Waals surface area contributed by atoms with Crippen molar-refractivity contribution in [2.75, 3.05) is 7.11 Å². The smallest absolute Gasteiger partial charge is 0.259 e. The van der Waals surface area contributed by atoms with Crippen molar-refractivity contribution >= 4 is 23.1 Å². The summed E-state index contributed by atoms with van der Waals surface area (Å²) < 4.78 is 5.11. The first-order valence-corrected chi connectivity index (χ1v) is 7.39. The van der Waals surface area contributed by atoms with Crippen LogP contribution in [0.25, 0.3) is 0 Å². The van der Waals surface area contributed by atoms with Crippen molar-refractivity contribution in [2.24, 2.45) is 0 Å². The Morgan fingerprint density at radius 2 is 1.95 bits per heavy atom. The van der Waals surface area contributed by atoms with E-state index >= 15 is 0 Å². The third-order valence-electron chi connectivity index (χ3n) is 3.77. The second-order valence-corrected chi connectivity index (χ2v) is 5.71. The number of thiocarbonyl (C=S) groups is 1.